The molecule has 13 heavy (non-hydrogen) atoms. The average molecular weight is 182 g/mol. The summed E-state index contributed by atoms with van der Waals surface area (Å²) in [6, 6.07) is 1.21. The smallest absolute Gasteiger partial charge is 0.0254 e. The molecule has 0 radical (unpaired) electrons. The lowest BCUT2D eigenvalue weighted by atomic mass is 9.80. The molecule has 3 atom stereocenters. The zero-order chi connectivity index (χ0) is 9.64. The summed E-state index contributed by atoms with van der Waals surface area (Å²) in [5, 5.41) is 0. The molecule has 2 aliphatic heterocycles. The largest absolute Gasteiger partial charge is 0.326 e. The highest BCUT2D eigenvalue weighted by Gasteiger charge is 2.50. The molecular formula is C11H22N2. The minimum Gasteiger partial charge on any atom is -0.326 e. The van der Waals surface area contributed by atoms with E-state index in [-0.39, 0.29) is 0 Å². The third kappa shape index (κ3) is 1.50. The molecule has 0 amide bonds. The van der Waals surface area contributed by atoms with Gasteiger partial charge in [0.05, 0.1) is 0 Å². The van der Waals surface area contributed by atoms with E-state index in [2.05, 4.69) is 25.7 Å². The monoisotopic (exact) mass is 182 g/mol. The Labute approximate surface area is 81.5 Å². The first-order valence-corrected chi connectivity index (χ1v) is 5.53. The highest BCUT2D eigenvalue weighted by molar-refractivity contribution is 5.07. The number of hydrogen-bond acceptors (Lipinski definition) is 2. The minimum atomic E-state index is 0.469. The Balaban J connectivity index is 1.91. The lowest BCUT2D eigenvalue weighted by molar-refractivity contribution is 0.152. The molecule has 2 heterocycles. The van der Waals surface area contributed by atoms with E-state index >= 15 is 0 Å². The van der Waals surface area contributed by atoms with Gasteiger partial charge >= 0.3 is 0 Å². The highest BCUT2D eigenvalue weighted by atomic mass is 15.3. The van der Waals surface area contributed by atoms with Crippen LogP contribution in [0.25, 0.3) is 0 Å². The summed E-state index contributed by atoms with van der Waals surface area (Å²) in [5.41, 5.74) is 6.51. The van der Waals surface area contributed by atoms with E-state index in [1.54, 1.807) is 0 Å². The van der Waals surface area contributed by atoms with Crippen molar-refractivity contribution in [2.75, 3.05) is 13.1 Å². The summed E-state index contributed by atoms with van der Waals surface area (Å²) in [4.78, 5) is 2.61. The molecule has 2 N–H and O–H groups in total. The molecular weight excluding hydrogens is 160 g/mol. The predicted molar refractivity (Wildman–Crippen MR) is 55.5 cm³/mol. The van der Waals surface area contributed by atoms with Gasteiger partial charge in [0.1, 0.15) is 0 Å². The SMILES string of the molecule is CCC(C)(C)CN1CC2CC1C2N. The number of hydrogen-bond donors (Lipinski definition) is 1. The fourth-order valence-electron chi connectivity index (χ4n) is 2.61. The summed E-state index contributed by atoms with van der Waals surface area (Å²) in [6.07, 6.45) is 2.62. The molecule has 0 aromatic heterocycles. The van der Waals surface area contributed by atoms with Crippen molar-refractivity contribution in [3.8, 4) is 0 Å². The van der Waals surface area contributed by atoms with Gasteiger partial charge in [-0.05, 0) is 24.2 Å². The van der Waals surface area contributed by atoms with Crippen LogP contribution in [0, 0.1) is 11.3 Å². The molecule has 2 heteroatoms. The standard InChI is InChI=1S/C11H22N2/c1-4-11(2,3)7-13-6-8-5-9(13)10(8)12/h8-10H,4-7,12H2,1-3H3. The Kier molecular flexibility index (Phi) is 2.16. The van der Waals surface area contributed by atoms with Crippen molar-refractivity contribution in [2.45, 2.75) is 45.7 Å². The van der Waals surface area contributed by atoms with Gasteiger partial charge in [0, 0.05) is 25.2 Å². The molecule has 0 aromatic carbocycles. The van der Waals surface area contributed by atoms with Crippen molar-refractivity contribution in [3.05, 3.63) is 0 Å². The fraction of sp³-hybridized carbons (Fsp3) is 1.00. The van der Waals surface area contributed by atoms with E-state index < -0.39 is 0 Å². The van der Waals surface area contributed by atoms with Gasteiger partial charge in [0.15, 0.2) is 0 Å². The van der Waals surface area contributed by atoms with Crippen LogP contribution < -0.4 is 5.73 Å². The molecule has 1 aliphatic carbocycles. The van der Waals surface area contributed by atoms with Crippen LogP contribution in [0.2, 0.25) is 0 Å². The number of fused-ring (bicyclic) bond motifs is 1. The molecule has 2 saturated heterocycles. The minimum absolute atomic E-state index is 0.469. The van der Waals surface area contributed by atoms with Gasteiger partial charge in [0.2, 0.25) is 0 Å². The first-order chi connectivity index (χ1) is 6.03. The molecule has 3 fully saturated rings. The van der Waals surface area contributed by atoms with Gasteiger partial charge in [-0.3, -0.25) is 4.90 Å². The van der Waals surface area contributed by atoms with Crippen LogP contribution in [0.4, 0.5) is 0 Å². The number of rotatable bonds is 3. The zero-order valence-corrected chi connectivity index (χ0v) is 9.09. The molecule has 0 aromatic rings. The molecule has 76 valence electrons. The molecule has 2 bridgehead atoms. The van der Waals surface area contributed by atoms with Crippen LogP contribution in [-0.2, 0) is 0 Å². The maximum absolute atomic E-state index is 6.04. The summed E-state index contributed by atoms with van der Waals surface area (Å²) in [6.45, 7) is 9.48. The van der Waals surface area contributed by atoms with Crippen LogP contribution in [0.15, 0.2) is 0 Å². The molecule has 3 aliphatic rings. The fourth-order valence-corrected chi connectivity index (χ4v) is 2.61. The van der Waals surface area contributed by atoms with Crippen LogP contribution in [0.5, 0.6) is 0 Å². The summed E-state index contributed by atoms with van der Waals surface area (Å²) in [5.74, 6) is 0.817. The Morgan fingerprint density at radius 3 is 2.54 bits per heavy atom. The Bertz CT molecular complexity index is 200. The second-order valence-electron chi connectivity index (χ2n) is 5.59. The zero-order valence-electron chi connectivity index (χ0n) is 9.09. The van der Waals surface area contributed by atoms with Crippen molar-refractivity contribution in [1.82, 2.24) is 4.90 Å². The number of nitrogens with zero attached hydrogens (tertiary/aromatic N) is 1. The van der Waals surface area contributed by atoms with Crippen LogP contribution in [0.1, 0.15) is 33.6 Å². The number of nitrogens with two attached hydrogens (primary N) is 1. The first-order valence-electron chi connectivity index (χ1n) is 5.53. The van der Waals surface area contributed by atoms with E-state index in [9.17, 15) is 0 Å². The van der Waals surface area contributed by atoms with Gasteiger partial charge in [0.25, 0.3) is 0 Å². The van der Waals surface area contributed by atoms with Crippen LogP contribution in [-0.4, -0.2) is 30.1 Å². The maximum atomic E-state index is 6.04. The molecule has 3 unspecified atom stereocenters. The highest BCUT2D eigenvalue weighted by Crippen LogP contribution is 2.41. The van der Waals surface area contributed by atoms with E-state index in [1.807, 2.05) is 0 Å². The second kappa shape index (κ2) is 2.96. The average Bonchev–Trinajstić information content (AvgIpc) is 2.59. The van der Waals surface area contributed by atoms with Crippen LogP contribution >= 0.6 is 0 Å². The molecule has 1 saturated carbocycles. The van der Waals surface area contributed by atoms with Crippen molar-refractivity contribution in [2.24, 2.45) is 17.1 Å². The summed E-state index contributed by atoms with van der Waals surface area (Å²) >= 11 is 0. The van der Waals surface area contributed by atoms with Crippen molar-refractivity contribution >= 4 is 0 Å². The summed E-state index contributed by atoms with van der Waals surface area (Å²) in [7, 11) is 0. The molecule has 2 nitrogen and oxygen atoms in total. The van der Waals surface area contributed by atoms with Gasteiger partial charge < -0.3 is 5.73 Å². The van der Waals surface area contributed by atoms with Gasteiger partial charge in [-0.25, -0.2) is 0 Å². The normalized spacial score (nSPS) is 39.2. The molecule has 0 spiro atoms. The second-order valence-corrected chi connectivity index (χ2v) is 5.59. The first kappa shape index (κ1) is 9.47. The van der Waals surface area contributed by atoms with Crippen LogP contribution in [0.3, 0.4) is 0 Å². The van der Waals surface area contributed by atoms with Crippen molar-refractivity contribution in [3.63, 3.8) is 0 Å². The Morgan fingerprint density at radius 2 is 2.15 bits per heavy atom. The maximum Gasteiger partial charge on any atom is 0.0254 e. The predicted octanol–water partition coefficient (Wildman–Crippen LogP) is 1.45. The van der Waals surface area contributed by atoms with E-state index in [1.165, 1.54) is 25.9 Å². The van der Waals surface area contributed by atoms with E-state index in [0.29, 0.717) is 11.5 Å². The lowest BCUT2D eigenvalue weighted by Gasteiger charge is -2.36. The summed E-state index contributed by atoms with van der Waals surface area (Å²) < 4.78 is 0. The Hall–Kier alpha value is -0.0800. The third-order valence-electron chi connectivity index (χ3n) is 4.06. The van der Waals surface area contributed by atoms with Gasteiger partial charge in [-0.2, -0.15) is 0 Å². The van der Waals surface area contributed by atoms with Gasteiger partial charge in [-0.15, -0.1) is 0 Å². The van der Waals surface area contributed by atoms with Gasteiger partial charge in [-0.1, -0.05) is 20.8 Å². The lowest BCUT2D eigenvalue weighted by Crippen LogP contribution is -2.50. The quantitative estimate of drug-likeness (QED) is 0.716. The van der Waals surface area contributed by atoms with Crippen molar-refractivity contribution in [1.29, 1.82) is 0 Å². The third-order valence-corrected chi connectivity index (χ3v) is 4.06. The Morgan fingerprint density at radius 1 is 1.46 bits per heavy atom. The van der Waals surface area contributed by atoms with E-state index in [4.69, 9.17) is 5.73 Å². The molecule has 3 rings (SSSR count). The van der Waals surface area contributed by atoms with E-state index in [0.717, 1.165) is 12.0 Å². The van der Waals surface area contributed by atoms with Crippen molar-refractivity contribution < 1.29 is 0 Å². The topological polar surface area (TPSA) is 29.3 Å².